The summed E-state index contributed by atoms with van der Waals surface area (Å²) in [5.74, 6) is 1.06. The van der Waals surface area contributed by atoms with Crippen LogP contribution in [0.15, 0.2) is 64.5 Å². The molecule has 4 rings (SSSR count). The summed E-state index contributed by atoms with van der Waals surface area (Å²) in [7, 11) is 1.60. The zero-order valence-corrected chi connectivity index (χ0v) is 23.3. The number of aliphatic imine (C=N–C) groups is 1. The van der Waals surface area contributed by atoms with Crippen LogP contribution in [0.2, 0.25) is 5.02 Å². The Kier molecular flexibility index (Phi) is 8.41. The number of carbonyl (C=O) groups is 1. The Morgan fingerprint density at radius 1 is 1.11 bits per heavy atom. The number of ether oxygens (including phenoxy) is 2. The number of carbonyl (C=O) groups excluding carboxylic acids is 1. The Labute approximate surface area is 228 Å². The highest BCUT2D eigenvalue weighted by atomic mass is 127. The van der Waals surface area contributed by atoms with Crippen molar-refractivity contribution in [2.24, 2.45) is 4.99 Å². The molecule has 1 aliphatic heterocycles. The van der Waals surface area contributed by atoms with Crippen molar-refractivity contribution in [2.45, 2.75) is 27.0 Å². The molecule has 1 fully saturated rings. The number of hydrogen-bond acceptors (Lipinski definition) is 5. The van der Waals surface area contributed by atoms with Gasteiger partial charge in [-0.3, -0.25) is 9.79 Å². The number of methoxy groups -OCH3 is 1. The number of aryl methyl sites for hydroxylation is 2. The first-order valence-corrected chi connectivity index (χ1v) is 13.2. The number of amidine groups is 1. The SMILES string of the molecule is COc1cc(/C=C2\SC(=NCc3cc(C)cc(C)c3)NC2=O)cc(I)c1OCc1ccccc1Cl. The molecule has 35 heavy (non-hydrogen) atoms. The molecule has 3 aromatic carbocycles. The number of rotatable bonds is 7. The number of amides is 1. The first-order valence-electron chi connectivity index (χ1n) is 10.9. The van der Waals surface area contributed by atoms with Gasteiger partial charge in [0.2, 0.25) is 0 Å². The van der Waals surface area contributed by atoms with E-state index >= 15 is 0 Å². The van der Waals surface area contributed by atoms with Crippen molar-refractivity contribution in [1.82, 2.24) is 5.32 Å². The molecule has 0 spiro atoms. The van der Waals surface area contributed by atoms with E-state index in [0.717, 1.165) is 20.3 Å². The van der Waals surface area contributed by atoms with Crippen molar-refractivity contribution in [1.29, 1.82) is 0 Å². The van der Waals surface area contributed by atoms with Crippen LogP contribution in [0, 0.1) is 17.4 Å². The molecule has 1 aliphatic rings. The Balaban J connectivity index is 1.50. The number of hydrogen-bond donors (Lipinski definition) is 1. The van der Waals surface area contributed by atoms with Crippen LogP contribution in [-0.2, 0) is 17.9 Å². The lowest BCUT2D eigenvalue weighted by Gasteiger charge is -2.14. The average molecular weight is 619 g/mol. The van der Waals surface area contributed by atoms with Crippen LogP contribution in [0.4, 0.5) is 0 Å². The van der Waals surface area contributed by atoms with Gasteiger partial charge in [0, 0.05) is 10.6 Å². The van der Waals surface area contributed by atoms with E-state index in [9.17, 15) is 4.79 Å². The average Bonchev–Trinajstić information content (AvgIpc) is 3.16. The Morgan fingerprint density at radius 2 is 1.86 bits per heavy atom. The highest BCUT2D eigenvalue weighted by molar-refractivity contribution is 14.1. The molecular weight excluding hydrogens is 595 g/mol. The summed E-state index contributed by atoms with van der Waals surface area (Å²) in [6.45, 7) is 4.98. The fourth-order valence-corrected chi connectivity index (χ4v) is 5.50. The maximum absolute atomic E-state index is 12.6. The molecule has 0 atom stereocenters. The Bertz CT molecular complexity index is 1320. The highest BCUT2D eigenvalue weighted by Crippen LogP contribution is 2.36. The summed E-state index contributed by atoms with van der Waals surface area (Å²) in [6.07, 6.45) is 1.84. The second-order valence-electron chi connectivity index (χ2n) is 8.10. The largest absolute Gasteiger partial charge is 0.493 e. The van der Waals surface area contributed by atoms with Crippen LogP contribution in [0.25, 0.3) is 6.08 Å². The van der Waals surface area contributed by atoms with E-state index < -0.39 is 0 Å². The molecule has 1 amide bonds. The van der Waals surface area contributed by atoms with Gasteiger partial charge < -0.3 is 14.8 Å². The zero-order chi connectivity index (χ0) is 24.9. The van der Waals surface area contributed by atoms with Crippen molar-refractivity contribution in [3.8, 4) is 11.5 Å². The standard InChI is InChI=1S/C27H24ClIN2O3S/c1-16-8-17(2)10-19(9-16)14-30-27-31-26(32)24(35-27)13-18-11-22(29)25(23(12-18)33-3)34-15-20-6-4-5-7-21(20)28/h4-13H,14-15H2,1-3H3,(H,30,31,32)/b24-13-. The molecule has 1 N–H and O–H groups in total. The minimum absolute atomic E-state index is 0.165. The Morgan fingerprint density at radius 3 is 2.57 bits per heavy atom. The van der Waals surface area contributed by atoms with E-state index in [1.54, 1.807) is 7.11 Å². The van der Waals surface area contributed by atoms with Gasteiger partial charge in [-0.25, -0.2) is 0 Å². The van der Waals surface area contributed by atoms with Crippen molar-refractivity contribution >= 4 is 63.1 Å². The van der Waals surface area contributed by atoms with Gasteiger partial charge >= 0.3 is 0 Å². The van der Waals surface area contributed by atoms with E-state index in [2.05, 4.69) is 64.9 Å². The van der Waals surface area contributed by atoms with Gasteiger partial charge in [-0.1, -0.05) is 59.1 Å². The van der Waals surface area contributed by atoms with Crippen LogP contribution in [-0.4, -0.2) is 18.2 Å². The van der Waals surface area contributed by atoms with Crippen molar-refractivity contribution in [2.75, 3.05) is 7.11 Å². The third-order valence-electron chi connectivity index (χ3n) is 5.22. The quantitative estimate of drug-likeness (QED) is 0.231. The molecule has 8 heteroatoms. The van der Waals surface area contributed by atoms with E-state index in [1.165, 1.54) is 22.9 Å². The van der Waals surface area contributed by atoms with E-state index in [4.69, 9.17) is 21.1 Å². The molecule has 1 heterocycles. The molecule has 0 saturated carbocycles. The van der Waals surface area contributed by atoms with Crippen molar-refractivity contribution in [3.05, 3.63) is 95.9 Å². The molecule has 0 aromatic heterocycles. The predicted molar refractivity (Wildman–Crippen MR) is 152 cm³/mol. The summed E-state index contributed by atoms with van der Waals surface area (Å²) in [4.78, 5) is 17.7. The number of halogens is 2. The minimum Gasteiger partial charge on any atom is -0.493 e. The highest BCUT2D eigenvalue weighted by Gasteiger charge is 2.24. The van der Waals surface area contributed by atoms with Gasteiger partial charge in [0.15, 0.2) is 16.7 Å². The second kappa shape index (κ2) is 11.5. The maximum Gasteiger partial charge on any atom is 0.264 e. The first-order chi connectivity index (χ1) is 16.8. The molecule has 1 saturated heterocycles. The molecule has 0 bridgehead atoms. The van der Waals surface area contributed by atoms with Crippen molar-refractivity contribution in [3.63, 3.8) is 0 Å². The lowest BCUT2D eigenvalue weighted by molar-refractivity contribution is -0.115. The third kappa shape index (κ3) is 6.59. The van der Waals surface area contributed by atoms with E-state index in [0.29, 0.717) is 39.7 Å². The molecular formula is C27H24ClIN2O3S. The number of nitrogens with zero attached hydrogens (tertiary/aromatic N) is 1. The van der Waals surface area contributed by atoms with Gasteiger partial charge in [-0.15, -0.1) is 0 Å². The number of benzene rings is 3. The Hall–Kier alpha value is -2.49. The summed E-state index contributed by atoms with van der Waals surface area (Å²) in [6, 6.07) is 17.7. The number of thioether (sulfide) groups is 1. The molecule has 0 unspecified atom stereocenters. The molecule has 3 aromatic rings. The predicted octanol–water partition coefficient (Wildman–Crippen LogP) is 6.91. The molecule has 180 valence electrons. The summed E-state index contributed by atoms with van der Waals surface area (Å²) >= 11 is 9.79. The van der Waals surface area contributed by atoms with Gasteiger partial charge in [0.25, 0.3) is 5.91 Å². The van der Waals surface area contributed by atoms with Crippen LogP contribution in [0.3, 0.4) is 0 Å². The number of nitrogens with one attached hydrogen (secondary N) is 1. The fourth-order valence-electron chi connectivity index (χ4n) is 3.70. The van der Waals surface area contributed by atoms with Crippen LogP contribution in [0.5, 0.6) is 11.5 Å². The second-order valence-corrected chi connectivity index (χ2v) is 10.7. The lowest BCUT2D eigenvalue weighted by Crippen LogP contribution is -2.19. The molecule has 0 radical (unpaired) electrons. The van der Waals surface area contributed by atoms with Gasteiger partial charge in [0.05, 0.1) is 22.1 Å². The topological polar surface area (TPSA) is 59.9 Å². The summed E-state index contributed by atoms with van der Waals surface area (Å²) in [5.41, 5.74) is 5.25. The first kappa shape index (κ1) is 25.6. The fraction of sp³-hybridized carbons (Fsp3) is 0.185. The maximum atomic E-state index is 12.6. The van der Waals surface area contributed by atoms with Crippen LogP contribution in [0.1, 0.15) is 27.8 Å². The normalized spacial score (nSPS) is 15.5. The van der Waals surface area contributed by atoms with Crippen LogP contribution < -0.4 is 14.8 Å². The third-order valence-corrected chi connectivity index (χ3v) is 7.33. The van der Waals surface area contributed by atoms with E-state index in [-0.39, 0.29) is 5.91 Å². The minimum atomic E-state index is -0.165. The van der Waals surface area contributed by atoms with Gasteiger partial charge in [-0.2, -0.15) is 0 Å². The lowest BCUT2D eigenvalue weighted by atomic mass is 10.1. The van der Waals surface area contributed by atoms with Gasteiger partial charge in [-0.05, 0) is 83.6 Å². The smallest absolute Gasteiger partial charge is 0.264 e. The van der Waals surface area contributed by atoms with Crippen molar-refractivity contribution < 1.29 is 14.3 Å². The summed E-state index contributed by atoms with van der Waals surface area (Å²) in [5, 5.41) is 4.11. The monoisotopic (exact) mass is 618 g/mol. The molecule has 5 nitrogen and oxygen atoms in total. The van der Waals surface area contributed by atoms with Crippen LogP contribution >= 0.6 is 46.0 Å². The molecule has 0 aliphatic carbocycles. The van der Waals surface area contributed by atoms with Gasteiger partial charge in [0.1, 0.15) is 6.61 Å². The van der Waals surface area contributed by atoms with E-state index in [1.807, 2.05) is 42.5 Å². The summed E-state index contributed by atoms with van der Waals surface area (Å²) < 4.78 is 12.5. The zero-order valence-electron chi connectivity index (χ0n) is 19.5.